The average molecular weight is 402 g/mol. The Hall–Kier alpha value is -2.71. The first-order valence-corrected chi connectivity index (χ1v) is 9.62. The van der Waals surface area contributed by atoms with E-state index in [2.05, 4.69) is 27.9 Å². The van der Waals surface area contributed by atoms with Gasteiger partial charge in [0, 0.05) is 17.4 Å². The molecule has 0 atom stereocenters. The molecule has 8 heteroatoms. The van der Waals surface area contributed by atoms with Crippen molar-refractivity contribution in [3.8, 4) is 0 Å². The number of anilines is 2. The summed E-state index contributed by atoms with van der Waals surface area (Å²) < 4.78 is 10.2. The summed E-state index contributed by atoms with van der Waals surface area (Å²) in [5, 5.41) is 10.8. The summed E-state index contributed by atoms with van der Waals surface area (Å²) in [7, 11) is 0. The van der Waals surface area contributed by atoms with E-state index >= 15 is 0 Å². The number of nitrogens with one attached hydrogen (secondary N) is 2. The number of benzene rings is 1. The van der Waals surface area contributed by atoms with Gasteiger partial charge in [-0.25, -0.2) is 4.79 Å². The van der Waals surface area contributed by atoms with Crippen LogP contribution in [0.4, 0.5) is 10.8 Å². The lowest BCUT2D eigenvalue weighted by molar-refractivity contribution is 0.0528. The quantitative estimate of drug-likeness (QED) is 0.461. The molecule has 0 aliphatic carbocycles. The van der Waals surface area contributed by atoms with Gasteiger partial charge in [-0.2, -0.15) is 0 Å². The highest BCUT2D eigenvalue weighted by Gasteiger charge is 2.18. The highest BCUT2D eigenvalue weighted by Crippen LogP contribution is 2.31. The number of thiocarbonyl (C=S) groups is 1. The molecule has 140 valence electrons. The molecule has 2 heterocycles. The molecule has 0 spiro atoms. The zero-order valence-electron chi connectivity index (χ0n) is 14.9. The molecule has 0 amide bonds. The molecule has 2 aromatic heterocycles. The number of nitrogens with zero attached hydrogens (tertiary/aromatic N) is 1. The molecule has 0 aliphatic heterocycles. The molecule has 6 nitrogen and oxygen atoms in total. The van der Waals surface area contributed by atoms with Gasteiger partial charge in [-0.05, 0) is 37.7 Å². The molecule has 1 aromatic carbocycles. The van der Waals surface area contributed by atoms with Crippen LogP contribution in [0.1, 0.15) is 33.5 Å². The number of carbonyl (C=O) groups excluding carboxylic acids is 1. The van der Waals surface area contributed by atoms with Gasteiger partial charge in [-0.3, -0.25) is 0 Å². The van der Waals surface area contributed by atoms with Gasteiger partial charge in [0.05, 0.1) is 12.2 Å². The Labute approximate surface area is 166 Å². The molecule has 2 N–H and O–H groups in total. The van der Waals surface area contributed by atoms with Gasteiger partial charge in [-0.15, -0.1) is 11.3 Å². The summed E-state index contributed by atoms with van der Waals surface area (Å²) >= 11 is 6.80. The zero-order chi connectivity index (χ0) is 19.2. The minimum Gasteiger partial charge on any atom is -0.462 e. The summed E-state index contributed by atoms with van der Waals surface area (Å²) in [5.41, 5.74) is 1.63. The van der Waals surface area contributed by atoms with Crippen molar-refractivity contribution in [2.24, 2.45) is 0 Å². The van der Waals surface area contributed by atoms with E-state index < -0.39 is 0 Å². The standard InChI is InChI=1S/C19H19N3O3S2/c1-3-24-18(23)15-11-14(10-13-7-5-4-6-8-13)27-17(15)21-19(26)20-16-9-12(2)25-22-16/h4-9,11H,3,10H2,1-2H3,(H2,20,21,22,26). The second kappa shape index (κ2) is 8.79. The summed E-state index contributed by atoms with van der Waals surface area (Å²) in [6.07, 6.45) is 0.724. The van der Waals surface area contributed by atoms with Crippen molar-refractivity contribution in [3.63, 3.8) is 0 Å². The van der Waals surface area contributed by atoms with Crippen LogP contribution >= 0.6 is 23.6 Å². The zero-order valence-corrected chi connectivity index (χ0v) is 16.6. The third kappa shape index (κ3) is 5.15. The second-order valence-electron chi connectivity index (χ2n) is 5.74. The molecule has 3 aromatic rings. The van der Waals surface area contributed by atoms with Gasteiger partial charge in [0.1, 0.15) is 10.8 Å². The van der Waals surface area contributed by atoms with Gasteiger partial charge in [-0.1, -0.05) is 35.5 Å². The topological polar surface area (TPSA) is 76.4 Å². The van der Waals surface area contributed by atoms with Crippen LogP contribution in [-0.2, 0) is 11.2 Å². The van der Waals surface area contributed by atoms with Crippen LogP contribution in [-0.4, -0.2) is 22.8 Å². The van der Waals surface area contributed by atoms with Crippen molar-refractivity contribution in [2.45, 2.75) is 20.3 Å². The Kier molecular flexibility index (Phi) is 6.20. The Morgan fingerprint density at radius 1 is 1.26 bits per heavy atom. The normalized spacial score (nSPS) is 10.4. The van der Waals surface area contributed by atoms with E-state index in [1.807, 2.05) is 24.3 Å². The molecule has 0 bridgehead atoms. The fraction of sp³-hybridized carbons (Fsp3) is 0.211. The van der Waals surface area contributed by atoms with E-state index in [0.717, 1.165) is 11.3 Å². The van der Waals surface area contributed by atoms with E-state index in [4.69, 9.17) is 21.5 Å². The second-order valence-corrected chi connectivity index (χ2v) is 7.29. The highest BCUT2D eigenvalue weighted by molar-refractivity contribution is 7.80. The molecule has 0 radical (unpaired) electrons. The van der Waals surface area contributed by atoms with Crippen LogP contribution in [0.15, 0.2) is 47.0 Å². The molecule has 3 rings (SSSR count). The predicted molar refractivity (Wildman–Crippen MR) is 111 cm³/mol. The number of esters is 1. The number of aryl methyl sites for hydroxylation is 1. The molecule has 0 saturated heterocycles. The van der Waals surface area contributed by atoms with Crippen LogP contribution in [0.25, 0.3) is 0 Å². The number of hydrogen-bond acceptors (Lipinski definition) is 6. The summed E-state index contributed by atoms with van der Waals surface area (Å²) in [4.78, 5) is 13.4. The Bertz CT molecular complexity index is 935. The lowest BCUT2D eigenvalue weighted by atomic mass is 10.1. The number of ether oxygens (including phenoxy) is 1. The SMILES string of the molecule is CCOC(=O)c1cc(Cc2ccccc2)sc1NC(=S)Nc1cc(C)on1. The van der Waals surface area contributed by atoms with Crippen molar-refractivity contribution in [1.82, 2.24) is 5.16 Å². The van der Waals surface area contributed by atoms with E-state index in [1.54, 1.807) is 19.9 Å². The molecule has 0 aliphatic rings. The fourth-order valence-electron chi connectivity index (χ4n) is 2.46. The molecule has 27 heavy (non-hydrogen) atoms. The number of aromatic nitrogens is 1. The van der Waals surface area contributed by atoms with Crippen molar-refractivity contribution in [2.75, 3.05) is 17.2 Å². The monoisotopic (exact) mass is 401 g/mol. The van der Waals surface area contributed by atoms with E-state index in [9.17, 15) is 4.79 Å². The van der Waals surface area contributed by atoms with Gasteiger partial charge < -0.3 is 19.9 Å². The maximum Gasteiger partial charge on any atom is 0.341 e. The maximum atomic E-state index is 12.3. The molecule has 0 saturated carbocycles. The Morgan fingerprint density at radius 2 is 2.04 bits per heavy atom. The van der Waals surface area contributed by atoms with Crippen LogP contribution in [0.2, 0.25) is 0 Å². The third-order valence-corrected chi connectivity index (χ3v) is 4.85. The first-order valence-electron chi connectivity index (χ1n) is 8.40. The number of thiophene rings is 1. The predicted octanol–water partition coefficient (Wildman–Crippen LogP) is 4.62. The third-order valence-electron chi connectivity index (χ3n) is 3.60. The van der Waals surface area contributed by atoms with Crippen molar-refractivity contribution in [3.05, 3.63) is 64.2 Å². The van der Waals surface area contributed by atoms with Crippen molar-refractivity contribution in [1.29, 1.82) is 0 Å². The Morgan fingerprint density at radius 3 is 2.70 bits per heavy atom. The molecule has 0 fully saturated rings. The Balaban J connectivity index is 1.78. The van der Waals surface area contributed by atoms with Crippen molar-refractivity contribution < 1.29 is 14.1 Å². The summed E-state index contributed by atoms with van der Waals surface area (Å²) in [5.74, 6) is 0.799. The van der Waals surface area contributed by atoms with Crippen LogP contribution < -0.4 is 10.6 Å². The maximum absolute atomic E-state index is 12.3. The molecular weight excluding hydrogens is 382 g/mol. The van der Waals surface area contributed by atoms with Gasteiger partial charge in [0.2, 0.25) is 0 Å². The van der Waals surface area contributed by atoms with Crippen LogP contribution in [0, 0.1) is 6.92 Å². The summed E-state index contributed by atoms with van der Waals surface area (Å²) in [6, 6.07) is 13.6. The average Bonchev–Trinajstić information content (AvgIpc) is 3.22. The highest BCUT2D eigenvalue weighted by atomic mass is 32.1. The lowest BCUT2D eigenvalue weighted by Gasteiger charge is -2.08. The minimum atomic E-state index is -0.379. The minimum absolute atomic E-state index is 0.309. The largest absolute Gasteiger partial charge is 0.462 e. The number of carbonyl (C=O) groups is 1. The molecular formula is C19H19N3O3S2. The smallest absolute Gasteiger partial charge is 0.341 e. The van der Waals surface area contributed by atoms with E-state index in [-0.39, 0.29) is 5.97 Å². The number of hydrogen-bond donors (Lipinski definition) is 2. The van der Waals surface area contributed by atoms with Crippen LogP contribution in [0.3, 0.4) is 0 Å². The van der Waals surface area contributed by atoms with E-state index in [0.29, 0.717) is 33.9 Å². The van der Waals surface area contributed by atoms with Gasteiger partial charge >= 0.3 is 5.97 Å². The first kappa shape index (κ1) is 19.1. The van der Waals surface area contributed by atoms with Crippen LogP contribution in [0.5, 0.6) is 0 Å². The fourth-order valence-corrected chi connectivity index (χ4v) is 3.81. The number of rotatable bonds is 6. The summed E-state index contributed by atoms with van der Waals surface area (Å²) in [6.45, 7) is 3.88. The lowest BCUT2D eigenvalue weighted by Crippen LogP contribution is -2.20. The van der Waals surface area contributed by atoms with E-state index in [1.165, 1.54) is 16.9 Å². The molecule has 0 unspecified atom stereocenters. The van der Waals surface area contributed by atoms with Gasteiger partial charge in [0.25, 0.3) is 0 Å². The van der Waals surface area contributed by atoms with Gasteiger partial charge in [0.15, 0.2) is 10.9 Å². The van der Waals surface area contributed by atoms with Crippen molar-refractivity contribution >= 4 is 45.5 Å². The first-order chi connectivity index (χ1) is 13.0.